The van der Waals surface area contributed by atoms with Gasteiger partial charge < -0.3 is 15.7 Å². The number of nitrogens with one attached hydrogen (secondary N) is 2. The molecule has 2 aliphatic rings. The fourth-order valence-corrected chi connectivity index (χ4v) is 3.66. The summed E-state index contributed by atoms with van der Waals surface area (Å²) in [5.74, 6) is 0.837. The SMILES string of the molecule is O=C(NCC1(C2CC2)CCC1)N[C@H](CCO)c1ccccc1. The number of benzene rings is 1. The lowest BCUT2D eigenvalue weighted by molar-refractivity contribution is 0.101. The molecular weight excluding hydrogens is 276 g/mol. The molecule has 0 unspecified atom stereocenters. The largest absolute Gasteiger partial charge is 0.396 e. The maximum atomic E-state index is 12.2. The topological polar surface area (TPSA) is 61.4 Å². The second-order valence-corrected chi connectivity index (χ2v) is 6.79. The molecule has 0 bridgehead atoms. The van der Waals surface area contributed by atoms with Crippen molar-refractivity contribution in [1.82, 2.24) is 10.6 Å². The van der Waals surface area contributed by atoms with Crippen molar-refractivity contribution in [2.45, 2.75) is 44.6 Å². The van der Waals surface area contributed by atoms with Gasteiger partial charge in [0.05, 0.1) is 6.04 Å². The molecule has 1 aromatic carbocycles. The lowest BCUT2D eigenvalue weighted by Gasteiger charge is -2.42. The van der Waals surface area contributed by atoms with Gasteiger partial charge in [0.2, 0.25) is 0 Å². The van der Waals surface area contributed by atoms with Crippen LogP contribution < -0.4 is 10.6 Å². The molecule has 2 amide bonds. The van der Waals surface area contributed by atoms with Crippen molar-refractivity contribution in [2.75, 3.05) is 13.2 Å². The zero-order chi connectivity index (χ0) is 15.4. The van der Waals surface area contributed by atoms with Crippen LogP contribution in [-0.2, 0) is 0 Å². The lowest BCUT2D eigenvalue weighted by Crippen LogP contribution is -2.47. The number of carbonyl (C=O) groups excluding carboxylic acids is 1. The predicted octanol–water partition coefficient (Wildman–Crippen LogP) is 2.99. The minimum Gasteiger partial charge on any atom is -0.396 e. The summed E-state index contributed by atoms with van der Waals surface area (Å²) in [5.41, 5.74) is 1.42. The molecule has 1 atom stereocenters. The van der Waals surface area contributed by atoms with Crippen LogP contribution in [0.5, 0.6) is 0 Å². The van der Waals surface area contributed by atoms with Crippen LogP contribution in [0.25, 0.3) is 0 Å². The van der Waals surface area contributed by atoms with E-state index in [0.29, 0.717) is 11.8 Å². The van der Waals surface area contributed by atoms with E-state index in [-0.39, 0.29) is 18.7 Å². The molecule has 2 aliphatic carbocycles. The van der Waals surface area contributed by atoms with Crippen LogP contribution in [0.4, 0.5) is 4.79 Å². The van der Waals surface area contributed by atoms with E-state index in [2.05, 4.69) is 10.6 Å². The van der Waals surface area contributed by atoms with Gasteiger partial charge in [-0.1, -0.05) is 36.8 Å². The zero-order valence-corrected chi connectivity index (χ0v) is 13.1. The molecular formula is C18H26N2O2. The van der Waals surface area contributed by atoms with E-state index in [9.17, 15) is 9.90 Å². The standard InChI is InChI=1S/C18H26N2O2/c21-12-9-16(14-5-2-1-3-6-14)20-17(22)19-13-18(10-4-11-18)15-7-8-15/h1-3,5-6,15-16,21H,4,7-13H2,(H2,19,20,22)/t16-/m1/s1. The van der Waals surface area contributed by atoms with E-state index in [0.717, 1.165) is 18.0 Å². The fourth-order valence-electron chi connectivity index (χ4n) is 3.66. The monoisotopic (exact) mass is 302 g/mol. The van der Waals surface area contributed by atoms with Crippen molar-refractivity contribution in [1.29, 1.82) is 0 Å². The average Bonchev–Trinajstić information content (AvgIpc) is 3.32. The van der Waals surface area contributed by atoms with Crippen LogP contribution in [0.15, 0.2) is 30.3 Å². The first-order valence-corrected chi connectivity index (χ1v) is 8.44. The van der Waals surface area contributed by atoms with Crippen LogP contribution in [0, 0.1) is 11.3 Å². The first kappa shape index (κ1) is 15.3. The number of rotatable bonds is 7. The highest BCUT2D eigenvalue weighted by molar-refractivity contribution is 5.74. The van der Waals surface area contributed by atoms with Gasteiger partial charge in [0.25, 0.3) is 0 Å². The van der Waals surface area contributed by atoms with Crippen molar-refractivity contribution in [3.05, 3.63) is 35.9 Å². The Morgan fingerprint density at radius 1 is 1.27 bits per heavy atom. The summed E-state index contributed by atoms with van der Waals surface area (Å²) in [7, 11) is 0. The maximum absolute atomic E-state index is 12.2. The van der Waals surface area contributed by atoms with Crippen molar-refractivity contribution in [2.24, 2.45) is 11.3 Å². The van der Waals surface area contributed by atoms with Crippen LogP contribution in [0.2, 0.25) is 0 Å². The third-order valence-electron chi connectivity index (χ3n) is 5.32. The molecule has 0 saturated heterocycles. The van der Waals surface area contributed by atoms with Gasteiger partial charge in [-0.25, -0.2) is 4.79 Å². The summed E-state index contributed by atoms with van der Waals surface area (Å²) in [5, 5.41) is 15.3. The molecule has 3 rings (SSSR count). The molecule has 4 nitrogen and oxygen atoms in total. The molecule has 0 heterocycles. The number of amides is 2. The highest BCUT2D eigenvalue weighted by Crippen LogP contribution is 2.56. The van der Waals surface area contributed by atoms with E-state index in [1.807, 2.05) is 30.3 Å². The van der Waals surface area contributed by atoms with Gasteiger partial charge in [-0.3, -0.25) is 0 Å². The molecule has 2 fully saturated rings. The van der Waals surface area contributed by atoms with Gasteiger partial charge in [-0.2, -0.15) is 0 Å². The highest BCUT2D eigenvalue weighted by Gasteiger charge is 2.48. The second-order valence-electron chi connectivity index (χ2n) is 6.79. The summed E-state index contributed by atoms with van der Waals surface area (Å²) < 4.78 is 0. The second kappa shape index (κ2) is 6.69. The number of urea groups is 1. The number of aliphatic hydroxyl groups excluding tert-OH is 1. The van der Waals surface area contributed by atoms with Crippen LogP contribution in [0.3, 0.4) is 0 Å². The van der Waals surface area contributed by atoms with Crippen LogP contribution in [-0.4, -0.2) is 24.3 Å². The third kappa shape index (κ3) is 3.43. The van der Waals surface area contributed by atoms with Crippen LogP contribution >= 0.6 is 0 Å². The maximum Gasteiger partial charge on any atom is 0.315 e. The van der Waals surface area contributed by atoms with Crippen molar-refractivity contribution in [3.8, 4) is 0 Å². The van der Waals surface area contributed by atoms with Crippen LogP contribution in [0.1, 0.15) is 50.1 Å². The Balaban J connectivity index is 1.53. The lowest BCUT2D eigenvalue weighted by atomic mass is 9.65. The Bertz CT molecular complexity index is 495. The Labute approximate surface area is 132 Å². The Morgan fingerprint density at radius 3 is 2.55 bits per heavy atom. The van der Waals surface area contributed by atoms with Gasteiger partial charge in [0.1, 0.15) is 0 Å². The molecule has 0 spiro atoms. The number of aliphatic hydroxyl groups is 1. The van der Waals surface area contributed by atoms with E-state index >= 15 is 0 Å². The summed E-state index contributed by atoms with van der Waals surface area (Å²) in [6, 6.07) is 9.58. The highest BCUT2D eigenvalue weighted by atomic mass is 16.3. The Kier molecular flexibility index (Phi) is 4.67. The first-order chi connectivity index (χ1) is 10.7. The quantitative estimate of drug-likeness (QED) is 0.725. The van der Waals surface area contributed by atoms with Crippen molar-refractivity contribution in [3.63, 3.8) is 0 Å². The number of carbonyl (C=O) groups is 1. The molecule has 0 aromatic heterocycles. The fraction of sp³-hybridized carbons (Fsp3) is 0.611. The summed E-state index contributed by atoms with van der Waals surface area (Å²) >= 11 is 0. The normalized spacial score (nSPS) is 20.8. The zero-order valence-electron chi connectivity index (χ0n) is 13.1. The molecule has 1 aromatic rings. The molecule has 4 heteroatoms. The smallest absolute Gasteiger partial charge is 0.315 e. The van der Waals surface area contributed by atoms with E-state index in [1.54, 1.807) is 0 Å². The summed E-state index contributed by atoms with van der Waals surface area (Å²) in [6.07, 6.45) is 7.02. The van der Waals surface area contributed by atoms with Crippen molar-refractivity contribution < 1.29 is 9.90 Å². The number of hydrogen-bond donors (Lipinski definition) is 3. The average molecular weight is 302 g/mol. The van der Waals surface area contributed by atoms with Crippen molar-refractivity contribution >= 4 is 6.03 Å². The Hall–Kier alpha value is -1.55. The van der Waals surface area contributed by atoms with Gasteiger partial charge in [0, 0.05) is 13.2 Å². The molecule has 3 N–H and O–H groups in total. The number of hydrogen-bond acceptors (Lipinski definition) is 2. The Morgan fingerprint density at radius 2 is 2.00 bits per heavy atom. The minimum atomic E-state index is -0.135. The van der Waals surface area contributed by atoms with E-state index in [4.69, 9.17) is 0 Å². The van der Waals surface area contributed by atoms with Gasteiger partial charge in [0.15, 0.2) is 0 Å². The predicted molar refractivity (Wildman–Crippen MR) is 86.4 cm³/mol. The third-order valence-corrected chi connectivity index (χ3v) is 5.32. The summed E-state index contributed by atoms with van der Waals surface area (Å²) in [6.45, 7) is 0.857. The summed E-state index contributed by atoms with van der Waals surface area (Å²) in [4.78, 5) is 12.2. The van der Waals surface area contributed by atoms with Gasteiger partial charge in [-0.15, -0.1) is 0 Å². The molecule has 0 aliphatic heterocycles. The first-order valence-electron chi connectivity index (χ1n) is 8.44. The molecule has 22 heavy (non-hydrogen) atoms. The van der Waals surface area contributed by atoms with E-state index < -0.39 is 0 Å². The molecule has 2 saturated carbocycles. The molecule has 120 valence electrons. The van der Waals surface area contributed by atoms with E-state index in [1.165, 1.54) is 32.1 Å². The minimum absolute atomic E-state index is 0.0614. The van der Waals surface area contributed by atoms with Gasteiger partial charge in [-0.05, 0) is 49.0 Å². The van der Waals surface area contributed by atoms with Gasteiger partial charge >= 0.3 is 6.03 Å². The molecule has 0 radical (unpaired) electrons.